The predicted octanol–water partition coefficient (Wildman–Crippen LogP) is -1.86. The van der Waals surface area contributed by atoms with Crippen molar-refractivity contribution in [1.29, 1.82) is 0 Å². The van der Waals surface area contributed by atoms with Gasteiger partial charge in [0.2, 0.25) is 5.91 Å². The molecule has 0 saturated heterocycles. The monoisotopic (exact) mass is 199 g/mol. The van der Waals surface area contributed by atoms with E-state index in [1.165, 1.54) is 24.7 Å². The molecule has 13 heavy (non-hydrogen) atoms. The molecular formula is C8H18NNaO3. The van der Waals surface area contributed by atoms with Crippen molar-refractivity contribution in [1.82, 2.24) is 5.48 Å². The minimum absolute atomic E-state index is 0. The van der Waals surface area contributed by atoms with Crippen LogP contribution in [0, 0.1) is 5.21 Å². The van der Waals surface area contributed by atoms with Crippen molar-refractivity contribution in [3.63, 3.8) is 0 Å². The molecule has 0 fully saturated rings. The van der Waals surface area contributed by atoms with Gasteiger partial charge >= 0.3 is 29.6 Å². The number of hydrogen-bond acceptors (Lipinski definition) is 2. The maximum absolute atomic E-state index is 10.4. The number of rotatable bonds is 6. The summed E-state index contributed by atoms with van der Waals surface area (Å²) in [5.74, 6) is -0.388. The van der Waals surface area contributed by atoms with Crippen LogP contribution in [0.25, 0.3) is 0 Å². The topological polar surface area (TPSA) is 83.7 Å². The summed E-state index contributed by atoms with van der Waals surface area (Å²) in [6, 6.07) is 0. The predicted molar refractivity (Wildman–Crippen MR) is 48.5 cm³/mol. The summed E-state index contributed by atoms with van der Waals surface area (Å²) in [7, 11) is 0. The van der Waals surface area contributed by atoms with Crippen LogP contribution in [0.2, 0.25) is 0 Å². The standard InChI is InChI=1S/C8H16NO2.Na.H2O/c1-2-3-4-5-6-7-8(10)9-11;;/h2-7H2,1H3,(H-,9,10,11);;1H2/q-1;+1;. The number of nitrogens with one attached hydrogen (secondary N) is 1. The zero-order valence-corrected chi connectivity index (χ0v) is 10.6. The summed E-state index contributed by atoms with van der Waals surface area (Å²) in [5.41, 5.74) is 1.37. The molecule has 0 saturated carbocycles. The van der Waals surface area contributed by atoms with Crippen LogP contribution < -0.4 is 35.0 Å². The smallest absolute Gasteiger partial charge is 0.759 e. The van der Waals surface area contributed by atoms with Gasteiger partial charge < -0.3 is 16.2 Å². The van der Waals surface area contributed by atoms with Crippen LogP contribution in [0.3, 0.4) is 0 Å². The average Bonchev–Trinajstić information content (AvgIpc) is 2.04. The van der Waals surface area contributed by atoms with Crippen molar-refractivity contribution in [2.45, 2.75) is 45.4 Å². The summed E-state index contributed by atoms with van der Waals surface area (Å²) >= 11 is 0. The van der Waals surface area contributed by atoms with Crippen LogP contribution in [0.5, 0.6) is 0 Å². The second-order valence-corrected chi connectivity index (χ2v) is 2.69. The van der Waals surface area contributed by atoms with Gasteiger partial charge in [0.15, 0.2) is 0 Å². The van der Waals surface area contributed by atoms with E-state index >= 15 is 0 Å². The number of carbonyl (C=O) groups is 1. The van der Waals surface area contributed by atoms with Gasteiger partial charge in [-0.05, 0) is 6.42 Å². The number of amides is 1. The Morgan fingerprint density at radius 3 is 2.23 bits per heavy atom. The molecule has 3 N–H and O–H groups in total. The van der Waals surface area contributed by atoms with Crippen molar-refractivity contribution >= 4 is 5.91 Å². The van der Waals surface area contributed by atoms with E-state index < -0.39 is 0 Å². The molecule has 0 aromatic heterocycles. The van der Waals surface area contributed by atoms with E-state index in [1.54, 1.807) is 0 Å². The molecule has 0 radical (unpaired) electrons. The van der Waals surface area contributed by atoms with E-state index in [0.29, 0.717) is 6.42 Å². The quantitative estimate of drug-likeness (QED) is 0.309. The Morgan fingerprint density at radius 2 is 1.77 bits per heavy atom. The van der Waals surface area contributed by atoms with Crippen LogP contribution in [-0.4, -0.2) is 11.4 Å². The first-order valence-electron chi connectivity index (χ1n) is 4.22. The molecule has 0 spiro atoms. The van der Waals surface area contributed by atoms with Crippen molar-refractivity contribution in [2.75, 3.05) is 0 Å². The maximum Gasteiger partial charge on any atom is 1.00 e. The average molecular weight is 199 g/mol. The molecule has 74 valence electrons. The fourth-order valence-corrected chi connectivity index (χ4v) is 0.940. The first-order valence-corrected chi connectivity index (χ1v) is 4.22. The molecule has 0 aliphatic rings. The van der Waals surface area contributed by atoms with Gasteiger partial charge in [-0.3, -0.25) is 4.79 Å². The molecule has 5 heteroatoms. The molecule has 1 amide bonds. The van der Waals surface area contributed by atoms with E-state index in [2.05, 4.69) is 6.92 Å². The zero-order chi connectivity index (χ0) is 8.53. The van der Waals surface area contributed by atoms with Crippen molar-refractivity contribution in [3.8, 4) is 0 Å². The fraction of sp³-hybridized carbons (Fsp3) is 0.875. The minimum Gasteiger partial charge on any atom is -0.759 e. The summed E-state index contributed by atoms with van der Waals surface area (Å²) in [5, 5.41) is 9.75. The van der Waals surface area contributed by atoms with E-state index in [1.807, 2.05) is 0 Å². The SMILES string of the molecule is CCCCCCCC(=O)N[O-].O.[Na+]. The molecule has 0 heterocycles. The number of unbranched alkanes of at least 4 members (excludes halogenated alkanes) is 4. The maximum atomic E-state index is 10.4. The van der Waals surface area contributed by atoms with Crippen molar-refractivity contribution in [2.24, 2.45) is 0 Å². The van der Waals surface area contributed by atoms with E-state index in [0.717, 1.165) is 12.8 Å². The molecule has 0 aromatic carbocycles. The molecule has 0 bridgehead atoms. The van der Waals surface area contributed by atoms with Gasteiger partial charge in [-0.15, -0.1) is 0 Å². The van der Waals surface area contributed by atoms with Crippen LogP contribution in [0.15, 0.2) is 0 Å². The Morgan fingerprint density at radius 1 is 1.23 bits per heavy atom. The van der Waals surface area contributed by atoms with E-state index in [-0.39, 0.29) is 40.9 Å². The fourth-order valence-electron chi connectivity index (χ4n) is 0.940. The first-order chi connectivity index (χ1) is 5.31. The van der Waals surface area contributed by atoms with Gasteiger partial charge in [-0.2, -0.15) is 0 Å². The number of carbonyl (C=O) groups excluding carboxylic acids is 1. The zero-order valence-electron chi connectivity index (χ0n) is 8.56. The normalized spacial score (nSPS) is 8.15. The van der Waals surface area contributed by atoms with Crippen LogP contribution in [-0.2, 0) is 4.79 Å². The summed E-state index contributed by atoms with van der Waals surface area (Å²) in [4.78, 5) is 10.4. The largest absolute Gasteiger partial charge is 1.00 e. The first kappa shape index (κ1) is 19.0. The van der Waals surface area contributed by atoms with Gasteiger partial charge in [0.1, 0.15) is 0 Å². The van der Waals surface area contributed by atoms with Gasteiger partial charge in [0.05, 0.1) is 0 Å². The van der Waals surface area contributed by atoms with Crippen LogP contribution in [0.1, 0.15) is 45.4 Å². The van der Waals surface area contributed by atoms with Gasteiger partial charge in [0.25, 0.3) is 0 Å². The second-order valence-electron chi connectivity index (χ2n) is 2.69. The molecule has 0 aromatic rings. The van der Waals surface area contributed by atoms with Crippen LogP contribution in [0.4, 0.5) is 0 Å². The van der Waals surface area contributed by atoms with Crippen LogP contribution >= 0.6 is 0 Å². The molecular weight excluding hydrogens is 181 g/mol. The minimum atomic E-state index is -0.388. The third-order valence-electron chi connectivity index (χ3n) is 1.62. The molecule has 0 rings (SSSR count). The summed E-state index contributed by atoms with van der Waals surface area (Å²) < 4.78 is 0. The Bertz CT molecular complexity index is 112. The van der Waals surface area contributed by atoms with Gasteiger partial charge in [-0.1, -0.05) is 32.6 Å². The third-order valence-corrected chi connectivity index (χ3v) is 1.62. The summed E-state index contributed by atoms with van der Waals surface area (Å²) in [6.45, 7) is 2.14. The third kappa shape index (κ3) is 15.2. The molecule has 0 unspecified atom stereocenters. The van der Waals surface area contributed by atoms with Crippen molar-refractivity contribution < 1.29 is 39.8 Å². The Kier molecular flexibility index (Phi) is 21.8. The van der Waals surface area contributed by atoms with E-state index in [9.17, 15) is 10.0 Å². The summed E-state index contributed by atoms with van der Waals surface area (Å²) in [6.07, 6.45) is 5.87. The Balaban J connectivity index is -0.000000500. The molecule has 0 aliphatic heterocycles. The number of hydroxylamine groups is 1. The van der Waals surface area contributed by atoms with E-state index in [4.69, 9.17) is 0 Å². The molecule has 4 nitrogen and oxygen atoms in total. The molecule has 0 atom stereocenters. The van der Waals surface area contributed by atoms with Gasteiger partial charge in [0, 0.05) is 6.42 Å². The van der Waals surface area contributed by atoms with Crippen molar-refractivity contribution in [3.05, 3.63) is 5.21 Å². The second kappa shape index (κ2) is 14.9. The van der Waals surface area contributed by atoms with Gasteiger partial charge in [-0.25, -0.2) is 0 Å². The Labute approximate surface area is 102 Å². The Hall–Kier alpha value is 0.390. The molecule has 0 aliphatic carbocycles. The number of hydrogen-bond donors (Lipinski definition) is 1.